The van der Waals surface area contributed by atoms with Gasteiger partial charge in [-0.2, -0.15) is 5.10 Å². The van der Waals surface area contributed by atoms with Crippen LogP contribution in [0, 0.1) is 13.8 Å². The minimum absolute atomic E-state index is 0.269. The van der Waals surface area contributed by atoms with Gasteiger partial charge in [0.15, 0.2) is 11.5 Å². The standard InChI is InChI=1S/C21H21N3O3S/c1-14-20(28-15(2)23-14)21(25)24-22-12-17-9-10-18(19(11-17)26-3)27-13-16-7-5-4-6-8-16/h4-12H,13H2,1-3H3,(H,24,25)/b22-12+. The van der Waals surface area contributed by atoms with Gasteiger partial charge in [0.25, 0.3) is 5.91 Å². The van der Waals surface area contributed by atoms with Crippen molar-refractivity contribution in [3.63, 3.8) is 0 Å². The lowest BCUT2D eigenvalue weighted by Gasteiger charge is -2.11. The van der Waals surface area contributed by atoms with Gasteiger partial charge >= 0.3 is 0 Å². The van der Waals surface area contributed by atoms with Crippen molar-refractivity contribution >= 4 is 23.5 Å². The van der Waals surface area contributed by atoms with Gasteiger partial charge in [-0.25, -0.2) is 10.4 Å². The third-order valence-electron chi connectivity index (χ3n) is 3.91. The molecule has 0 aliphatic carbocycles. The second-order valence-corrected chi connectivity index (χ2v) is 7.23. The quantitative estimate of drug-likeness (QED) is 0.483. The SMILES string of the molecule is COc1cc(/C=N/NC(=O)c2sc(C)nc2C)ccc1OCc1ccccc1. The Bertz CT molecular complexity index is 984. The maximum Gasteiger partial charge on any atom is 0.283 e. The van der Waals surface area contributed by atoms with Crippen LogP contribution in [0.25, 0.3) is 0 Å². The van der Waals surface area contributed by atoms with Gasteiger partial charge in [-0.05, 0) is 43.2 Å². The first kappa shape index (κ1) is 19.6. The summed E-state index contributed by atoms with van der Waals surface area (Å²) in [5.74, 6) is 0.970. The molecule has 3 aromatic rings. The normalized spacial score (nSPS) is 10.8. The van der Waals surface area contributed by atoms with E-state index in [1.165, 1.54) is 11.3 Å². The molecule has 0 radical (unpaired) electrons. The molecule has 0 spiro atoms. The number of hydrogen-bond acceptors (Lipinski definition) is 6. The summed E-state index contributed by atoms with van der Waals surface area (Å²) in [6.07, 6.45) is 1.56. The number of nitrogens with zero attached hydrogens (tertiary/aromatic N) is 2. The fourth-order valence-electron chi connectivity index (χ4n) is 2.58. The zero-order chi connectivity index (χ0) is 19.9. The van der Waals surface area contributed by atoms with Gasteiger partial charge in [0.1, 0.15) is 11.5 Å². The number of thiazole rings is 1. The van der Waals surface area contributed by atoms with Crippen molar-refractivity contribution in [3.8, 4) is 11.5 Å². The Balaban J connectivity index is 1.63. The van der Waals surface area contributed by atoms with E-state index in [0.29, 0.717) is 28.7 Å². The lowest BCUT2D eigenvalue weighted by atomic mass is 10.2. The first-order chi connectivity index (χ1) is 13.6. The van der Waals surface area contributed by atoms with Crippen LogP contribution in [0.4, 0.5) is 0 Å². The number of benzene rings is 2. The number of nitrogens with one attached hydrogen (secondary N) is 1. The third-order valence-corrected chi connectivity index (χ3v) is 4.99. The summed E-state index contributed by atoms with van der Waals surface area (Å²) in [6, 6.07) is 15.4. The zero-order valence-corrected chi connectivity index (χ0v) is 16.7. The summed E-state index contributed by atoms with van der Waals surface area (Å²) in [7, 11) is 1.59. The van der Waals surface area contributed by atoms with Crippen LogP contribution in [0.5, 0.6) is 11.5 Å². The molecule has 0 fully saturated rings. The van der Waals surface area contributed by atoms with Crippen LogP contribution in [-0.4, -0.2) is 24.2 Å². The molecule has 1 heterocycles. The summed E-state index contributed by atoms with van der Waals surface area (Å²) in [6.45, 7) is 4.13. The number of aryl methyl sites for hydroxylation is 2. The monoisotopic (exact) mass is 395 g/mol. The molecule has 1 aromatic heterocycles. The lowest BCUT2D eigenvalue weighted by Crippen LogP contribution is -2.17. The van der Waals surface area contributed by atoms with Crippen LogP contribution in [0.3, 0.4) is 0 Å². The van der Waals surface area contributed by atoms with E-state index in [-0.39, 0.29) is 5.91 Å². The van der Waals surface area contributed by atoms with E-state index < -0.39 is 0 Å². The van der Waals surface area contributed by atoms with Gasteiger partial charge in [-0.1, -0.05) is 30.3 Å². The molecule has 2 aromatic carbocycles. The highest BCUT2D eigenvalue weighted by molar-refractivity contribution is 7.13. The second-order valence-electron chi connectivity index (χ2n) is 6.03. The molecule has 3 rings (SSSR count). The molecule has 1 amide bonds. The molecule has 0 unspecified atom stereocenters. The Kier molecular flexibility index (Phi) is 6.39. The fraction of sp³-hybridized carbons (Fsp3) is 0.190. The maximum absolute atomic E-state index is 12.2. The van der Waals surface area contributed by atoms with Crippen LogP contribution in [-0.2, 0) is 6.61 Å². The number of methoxy groups -OCH3 is 1. The number of carbonyl (C=O) groups excluding carboxylic acids is 1. The van der Waals surface area contributed by atoms with E-state index >= 15 is 0 Å². The van der Waals surface area contributed by atoms with Gasteiger partial charge in [0.2, 0.25) is 0 Å². The maximum atomic E-state index is 12.2. The van der Waals surface area contributed by atoms with Crippen LogP contribution < -0.4 is 14.9 Å². The van der Waals surface area contributed by atoms with Crippen LogP contribution in [0.15, 0.2) is 53.6 Å². The Morgan fingerprint density at radius 1 is 1.18 bits per heavy atom. The van der Waals surface area contributed by atoms with E-state index in [9.17, 15) is 4.79 Å². The number of rotatable bonds is 7. The zero-order valence-electron chi connectivity index (χ0n) is 15.9. The van der Waals surface area contributed by atoms with E-state index in [4.69, 9.17) is 9.47 Å². The first-order valence-electron chi connectivity index (χ1n) is 8.69. The summed E-state index contributed by atoms with van der Waals surface area (Å²) in [5, 5.41) is 4.87. The minimum Gasteiger partial charge on any atom is -0.493 e. The summed E-state index contributed by atoms with van der Waals surface area (Å²) >= 11 is 1.35. The number of hydrazone groups is 1. The van der Waals surface area contributed by atoms with Crippen molar-refractivity contribution in [3.05, 3.63) is 75.2 Å². The number of aromatic nitrogens is 1. The number of carbonyl (C=O) groups is 1. The van der Waals surface area contributed by atoms with Crippen molar-refractivity contribution in [2.24, 2.45) is 5.10 Å². The van der Waals surface area contributed by atoms with Gasteiger partial charge < -0.3 is 9.47 Å². The van der Waals surface area contributed by atoms with Gasteiger partial charge in [-0.15, -0.1) is 11.3 Å². The third kappa shape index (κ3) is 4.95. The second kappa shape index (κ2) is 9.14. The van der Waals surface area contributed by atoms with Gasteiger partial charge in [-0.3, -0.25) is 4.79 Å². The van der Waals surface area contributed by atoms with Gasteiger partial charge in [0, 0.05) is 0 Å². The van der Waals surface area contributed by atoms with Crippen molar-refractivity contribution in [1.29, 1.82) is 0 Å². The highest BCUT2D eigenvalue weighted by atomic mass is 32.1. The van der Waals surface area contributed by atoms with Crippen molar-refractivity contribution in [2.75, 3.05) is 7.11 Å². The molecule has 7 heteroatoms. The summed E-state index contributed by atoms with van der Waals surface area (Å²) in [4.78, 5) is 17.0. The Labute approximate surface area is 167 Å². The van der Waals surface area contributed by atoms with Gasteiger partial charge in [0.05, 0.1) is 24.0 Å². The molecule has 0 saturated carbocycles. The Morgan fingerprint density at radius 3 is 2.64 bits per heavy atom. The molecule has 0 aliphatic heterocycles. The van der Waals surface area contributed by atoms with Crippen LogP contribution in [0.2, 0.25) is 0 Å². The van der Waals surface area contributed by atoms with Crippen LogP contribution >= 0.6 is 11.3 Å². The number of ether oxygens (including phenoxy) is 2. The average Bonchev–Trinajstić information content (AvgIpc) is 3.05. The Morgan fingerprint density at radius 2 is 1.96 bits per heavy atom. The molecule has 1 N–H and O–H groups in total. The molecule has 0 bridgehead atoms. The molecule has 0 saturated heterocycles. The molecule has 0 aliphatic rings. The molecule has 144 valence electrons. The Hall–Kier alpha value is -3.19. The molecule has 28 heavy (non-hydrogen) atoms. The average molecular weight is 395 g/mol. The largest absolute Gasteiger partial charge is 0.493 e. The predicted octanol–water partition coefficient (Wildman–Crippen LogP) is 4.11. The lowest BCUT2D eigenvalue weighted by molar-refractivity contribution is 0.0958. The summed E-state index contributed by atoms with van der Waals surface area (Å²) in [5.41, 5.74) is 5.09. The first-order valence-corrected chi connectivity index (χ1v) is 9.50. The van der Waals surface area contributed by atoms with E-state index in [1.54, 1.807) is 26.3 Å². The van der Waals surface area contributed by atoms with E-state index in [0.717, 1.165) is 16.1 Å². The van der Waals surface area contributed by atoms with Crippen molar-refractivity contribution in [1.82, 2.24) is 10.4 Å². The highest BCUT2D eigenvalue weighted by Gasteiger charge is 2.12. The highest BCUT2D eigenvalue weighted by Crippen LogP contribution is 2.28. The van der Waals surface area contributed by atoms with E-state index in [1.807, 2.05) is 49.4 Å². The van der Waals surface area contributed by atoms with Crippen molar-refractivity contribution < 1.29 is 14.3 Å². The number of hydrogen-bond donors (Lipinski definition) is 1. The predicted molar refractivity (Wildman–Crippen MR) is 110 cm³/mol. The minimum atomic E-state index is -0.269. The number of amides is 1. The smallest absolute Gasteiger partial charge is 0.283 e. The fourth-order valence-corrected chi connectivity index (χ4v) is 3.39. The molecule has 0 atom stereocenters. The van der Waals surface area contributed by atoms with Crippen LogP contribution in [0.1, 0.15) is 31.5 Å². The van der Waals surface area contributed by atoms with E-state index in [2.05, 4.69) is 15.5 Å². The topological polar surface area (TPSA) is 72.8 Å². The molecular formula is C21H21N3O3S. The van der Waals surface area contributed by atoms with Crippen molar-refractivity contribution in [2.45, 2.75) is 20.5 Å². The molecular weight excluding hydrogens is 374 g/mol. The molecule has 6 nitrogen and oxygen atoms in total. The summed E-state index contributed by atoms with van der Waals surface area (Å²) < 4.78 is 11.2.